The van der Waals surface area contributed by atoms with E-state index in [1.807, 2.05) is 13.0 Å². The third kappa shape index (κ3) is 3.34. The minimum absolute atomic E-state index is 0.0569. The van der Waals surface area contributed by atoms with Crippen molar-refractivity contribution >= 4 is 22.7 Å². The van der Waals surface area contributed by atoms with Crippen LogP contribution in [0.1, 0.15) is 18.0 Å². The maximum absolute atomic E-state index is 11.9. The molecule has 0 aliphatic rings. The number of aromatic nitrogens is 2. The Hall–Kier alpha value is -1.37. The minimum atomic E-state index is -0.750. The summed E-state index contributed by atoms with van der Waals surface area (Å²) >= 11 is 1.44. The lowest BCUT2D eigenvalue weighted by atomic mass is 10.2. The highest BCUT2D eigenvalue weighted by Crippen LogP contribution is 2.26. The standard InChI is InChI=1S/C13H16N2O3S/c1-8(19-7-9(17)6-16)12-14-11-5-3-2-4-10(11)13(18)15-12/h2-5,8-9,16-17H,6-7H2,1H3,(H,14,15,18). The molecule has 0 saturated heterocycles. The van der Waals surface area contributed by atoms with Gasteiger partial charge in [-0.15, -0.1) is 11.8 Å². The van der Waals surface area contributed by atoms with Crippen LogP contribution in [-0.4, -0.2) is 38.6 Å². The Kier molecular flexibility index (Phi) is 4.57. The quantitative estimate of drug-likeness (QED) is 0.762. The molecule has 0 aliphatic carbocycles. The summed E-state index contributed by atoms with van der Waals surface area (Å²) in [5.74, 6) is 0.979. The number of nitrogens with zero attached hydrogens (tertiary/aromatic N) is 1. The number of hydrogen-bond acceptors (Lipinski definition) is 5. The first-order valence-electron chi connectivity index (χ1n) is 6.01. The van der Waals surface area contributed by atoms with Gasteiger partial charge in [0.1, 0.15) is 5.82 Å². The number of hydrogen-bond donors (Lipinski definition) is 3. The predicted octanol–water partition coefficient (Wildman–Crippen LogP) is 1.07. The van der Waals surface area contributed by atoms with Crippen molar-refractivity contribution in [1.29, 1.82) is 0 Å². The van der Waals surface area contributed by atoms with Crippen LogP contribution in [0.3, 0.4) is 0 Å². The van der Waals surface area contributed by atoms with E-state index in [2.05, 4.69) is 9.97 Å². The van der Waals surface area contributed by atoms with E-state index in [1.165, 1.54) is 11.8 Å². The van der Waals surface area contributed by atoms with Crippen molar-refractivity contribution in [3.63, 3.8) is 0 Å². The molecule has 0 spiro atoms. The fourth-order valence-electron chi connectivity index (χ4n) is 1.68. The molecule has 0 saturated carbocycles. The van der Waals surface area contributed by atoms with Gasteiger partial charge < -0.3 is 15.2 Å². The molecule has 5 nitrogen and oxygen atoms in total. The van der Waals surface area contributed by atoms with Crippen molar-refractivity contribution in [1.82, 2.24) is 9.97 Å². The van der Waals surface area contributed by atoms with Gasteiger partial charge in [0.25, 0.3) is 5.56 Å². The molecular weight excluding hydrogens is 264 g/mol. The maximum atomic E-state index is 11.9. The Balaban J connectivity index is 2.23. The Morgan fingerprint density at radius 2 is 2.16 bits per heavy atom. The summed E-state index contributed by atoms with van der Waals surface area (Å²) < 4.78 is 0. The molecule has 0 amide bonds. The van der Waals surface area contributed by atoms with Crippen molar-refractivity contribution in [2.75, 3.05) is 12.4 Å². The third-order valence-electron chi connectivity index (χ3n) is 2.77. The molecule has 3 N–H and O–H groups in total. The Labute approximate surface area is 114 Å². The SMILES string of the molecule is CC(SCC(O)CO)c1nc2ccccc2c(=O)[nH]1. The molecule has 1 aromatic carbocycles. The number of rotatable bonds is 5. The fourth-order valence-corrected chi connectivity index (χ4v) is 2.57. The lowest BCUT2D eigenvalue weighted by Crippen LogP contribution is -2.17. The van der Waals surface area contributed by atoms with Gasteiger partial charge in [-0.25, -0.2) is 4.98 Å². The first-order chi connectivity index (χ1) is 9.11. The van der Waals surface area contributed by atoms with Gasteiger partial charge in [-0.2, -0.15) is 0 Å². The summed E-state index contributed by atoms with van der Waals surface area (Å²) in [5.41, 5.74) is 0.507. The van der Waals surface area contributed by atoms with Gasteiger partial charge in [0, 0.05) is 5.75 Å². The number of nitrogens with one attached hydrogen (secondary N) is 1. The van der Waals surface area contributed by atoms with Crippen LogP contribution in [0.5, 0.6) is 0 Å². The van der Waals surface area contributed by atoms with Gasteiger partial charge in [-0.3, -0.25) is 4.79 Å². The second kappa shape index (κ2) is 6.18. The van der Waals surface area contributed by atoms with Crippen LogP contribution in [0.25, 0.3) is 10.9 Å². The van der Waals surface area contributed by atoms with E-state index < -0.39 is 6.10 Å². The van der Waals surface area contributed by atoms with Crippen molar-refractivity contribution in [2.45, 2.75) is 18.3 Å². The molecule has 2 unspecified atom stereocenters. The van der Waals surface area contributed by atoms with Gasteiger partial charge in [0.05, 0.1) is 28.9 Å². The molecule has 2 rings (SSSR count). The Morgan fingerprint density at radius 3 is 2.89 bits per heavy atom. The van der Waals surface area contributed by atoms with E-state index in [9.17, 15) is 9.90 Å². The highest BCUT2D eigenvalue weighted by Gasteiger charge is 2.13. The zero-order chi connectivity index (χ0) is 13.8. The van der Waals surface area contributed by atoms with E-state index in [0.29, 0.717) is 22.5 Å². The lowest BCUT2D eigenvalue weighted by Gasteiger charge is -2.13. The fraction of sp³-hybridized carbons (Fsp3) is 0.385. The van der Waals surface area contributed by atoms with Gasteiger partial charge >= 0.3 is 0 Å². The summed E-state index contributed by atoms with van der Waals surface area (Å²) in [4.78, 5) is 19.1. The molecule has 2 atom stereocenters. The topological polar surface area (TPSA) is 86.2 Å². The summed E-state index contributed by atoms with van der Waals surface area (Å²) in [6.45, 7) is 1.64. The second-order valence-corrected chi connectivity index (χ2v) is 5.65. The second-order valence-electron chi connectivity index (χ2n) is 4.28. The number of para-hydroxylation sites is 1. The normalized spacial score (nSPS) is 14.5. The van der Waals surface area contributed by atoms with Crippen LogP contribution in [0.15, 0.2) is 29.1 Å². The van der Waals surface area contributed by atoms with Crippen molar-refractivity contribution < 1.29 is 10.2 Å². The van der Waals surface area contributed by atoms with Crippen LogP contribution < -0.4 is 5.56 Å². The van der Waals surface area contributed by atoms with Gasteiger partial charge in [-0.1, -0.05) is 12.1 Å². The van der Waals surface area contributed by atoms with E-state index in [0.717, 1.165) is 0 Å². The molecule has 0 bridgehead atoms. The van der Waals surface area contributed by atoms with Crippen LogP contribution in [0.2, 0.25) is 0 Å². The molecular formula is C13H16N2O3S. The predicted molar refractivity (Wildman–Crippen MR) is 76.3 cm³/mol. The highest BCUT2D eigenvalue weighted by atomic mass is 32.2. The molecule has 19 heavy (non-hydrogen) atoms. The highest BCUT2D eigenvalue weighted by molar-refractivity contribution is 7.99. The van der Waals surface area contributed by atoms with Crippen LogP contribution in [0.4, 0.5) is 0 Å². The van der Waals surface area contributed by atoms with Gasteiger partial charge in [0.15, 0.2) is 0 Å². The van der Waals surface area contributed by atoms with Crippen LogP contribution in [-0.2, 0) is 0 Å². The van der Waals surface area contributed by atoms with E-state index >= 15 is 0 Å². The summed E-state index contributed by atoms with van der Waals surface area (Å²) in [7, 11) is 0. The molecule has 0 radical (unpaired) electrons. The largest absolute Gasteiger partial charge is 0.394 e. The molecule has 0 aliphatic heterocycles. The molecule has 2 aromatic rings. The number of aliphatic hydroxyl groups is 2. The molecule has 0 fully saturated rings. The Bertz CT molecular complexity index is 614. The first kappa shape index (κ1) is 14.0. The summed E-state index contributed by atoms with van der Waals surface area (Å²) in [6, 6.07) is 7.17. The average Bonchev–Trinajstić information content (AvgIpc) is 2.44. The summed E-state index contributed by atoms with van der Waals surface area (Å²) in [5, 5.41) is 18.6. The molecule has 6 heteroatoms. The van der Waals surface area contributed by atoms with Crippen molar-refractivity contribution in [3.05, 3.63) is 40.4 Å². The average molecular weight is 280 g/mol. The van der Waals surface area contributed by atoms with E-state index in [1.54, 1.807) is 18.2 Å². The number of H-pyrrole nitrogens is 1. The van der Waals surface area contributed by atoms with Gasteiger partial charge in [-0.05, 0) is 19.1 Å². The maximum Gasteiger partial charge on any atom is 0.258 e. The van der Waals surface area contributed by atoms with Crippen LogP contribution >= 0.6 is 11.8 Å². The van der Waals surface area contributed by atoms with Gasteiger partial charge in [0.2, 0.25) is 0 Å². The number of thioether (sulfide) groups is 1. The monoisotopic (exact) mass is 280 g/mol. The number of aromatic amines is 1. The van der Waals surface area contributed by atoms with E-state index in [-0.39, 0.29) is 17.4 Å². The van der Waals surface area contributed by atoms with Crippen LogP contribution in [0, 0.1) is 0 Å². The van der Waals surface area contributed by atoms with Crippen molar-refractivity contribution in [2.24, 2.45) is 0 Å². The summed E-state index contributed by atoms with van der Waals surface area (Å²) in [6.07, 6.45) is -0.750. The zero-order valence-corrected chi connectivity index (χ0v) is 11.4. The number of fused-ring (bicyclic) bond motifs is 1. The first-order valence-corrected chi connectivity index (χ1v) is 7.06. The number of benzene rings is 1. The number of aliphatic hydroxyl groups excluding tert-OH is 2. The molecule has 1 heterocycles. The minimum Gasteiger partial charge on any atom is -0.394 e. The Morgan fingerprint density at radius 1 is 1.42 bits per heavy atom. The third-order valence-corrected chi connectivity index (χ3v) is 4.07. The zero-order valence-electron chi connectivity index (χ0n) is 10.5. The van der Waals surface area contributed by atoms with E-state index in [4.69, 9.17) is 5.11 Å². The molecule has 102 valence electrons. The molecule has 1 aromatic heterocycles. The lowest BCUT2D eigenvalue weighted by molar-refractivity contribution is 0.113. The smallest absolute Gasteiger partial charge is 0.258 e. The van der Waals surface area contributed by atoms with Crippen molar-refractivity contribution in [3.8, 4) is 0 Å².